The topological polar surface area (TPSA) is 91.6 Å². The number of methoxy groups -OCH3 is 1. The summed E-state index contributed by atoms with van der Waals surface area (Å²) in [5, 5.41) is 10.9. The summed E-state index contributed by atoms with van der Waals surface area (Å²) in [5.41, 5.74) is -0.563. The van der Waals surface area contributed by atoms with Crippen LogP contribution in [0.15, 0.2) is 36.4 Å². The fraction of sp³-hybridized carbons (Fsp3) is 0.0769. The van der Waals surface area contributed by atoms with E-state index in [0.29, 0.717) is 0 Å². The number of hydrogen-bond acceptors (Lipinski definition) is 6. The molecule has 0 bridgehead atoms. The Balaban J connectivity index is 2.40. The highest BCUT2D eigenvalue weighted by Gasteiger charge is 2.21. The molecule has 2 rings (SSSR count). The second kappa shape index (κ2) is 5.95. The molecule has 21 heavy (non-hydrogen) atoms. The molecule has 1 aromatic heterocycles. The van der Waals surface area contributed by atoms with Gasteiger partial charge in [0.25, 0.3) is 5.88 Å². The lowest BCUT2D eigenvalue weighted by Gasteiger charge is -2.06. The molecular weight excluding hydrogens is 283 g/mol. The van der Waals surface area contributed by atoms with Gasteiger partial charge in [0.15, 0.2) is 5.69 Å². The van der Waals surface area contributed by atoms with Crippen molar-refractivity contribution in [2.75, 3.05) is 7.11 Å². The normalized spacial score (nSPS) is 10.0. The van der Waals surface area contributed by atoms with E-state index in [1.165, 1.54) is 12.1 Å². The Morgan fingerprint density at radius 1 is 1.24 bits per heavy atom. The minimum Gasteiger partial charge on any atom is -0.464 e. The van der Waals surface area contributed by atoms with E-state index in [4.69, 9.17) is 4.74 Å². The molecule has 108 valence electrons. The fourth-order valence-corrected chi connectivity index (χ4v) is 1.48. The van der Waals surface area contributed by atoms with E-state index >= 15 is 0 Å². The predicted molar refractivity (Wildman–Crippen MR) is 68.7 cm³/mol. The molecule has 0 saturated heterocycles. The van der Waals surface area contributed by atoms with Gasteiger partial charge in [-0.25, -0.2) is 9.18 Å². The monoisotopic (exact) mass is 292 g/mol. The maximum absolute atomic E-state index is 12.8. The predicted octanol–water partition coefficient (Wildman–Crippen LogP) is 2.71. The van der Waals surface area contributed by atoms with Gasteiger partial charge in [0.1, 0.15) is 11.6 Å². The molecule has 1 aromatic carbocycles. The van der Waals surface area contributed by atoms with Crippen molar-refractivity contribution in [1.29, 1.82) is 0 Å². The Morgan fingerprint density at radius 3 is 2.48 bits per heavy atom. The summed E-state index contributed by atoms with van der Waals surface area (Å²) < 4.78 is 22.5. The molecule has 0 spiro atoms. The first kappa shape index (κ1) is 14.4. The van der Waals surface area contributed by atoms with Gasteiger partial charge >= 0.3 is 11.7 Å². The molecule has 0 unspecified atom stereocenters. The first-order chi connectivity index (χ1) is 10.0. The second-order valence-electron chi connectivity index (χ2n) is 3.83. The molecular formula is C13H9FN2O5. The van der Waals surface area contributed by atoms with Crippen molar-refractivity contribution in [3.63, 3.8) is 0 Å². The van der Waals surface area contributed by atoms with Gasteiger partial charge in [0.05, 0.1) is 12.0 Å². The van der Waals surface area contributed by atoms with Gasteiger partial charge in [-0.3, -0.25) is 10.1 Å². The van der Waals surface area contributed by atoms with Gasteiger partial charge < -0.3 is 9.47 Å². The van der Waals surface area contributed by atoms with Crippen molar-refractivity contribution in [2.24, 2.45) is 0 Å². The van der Waals surface area contributed by atoms with Crippen LogP contribution in [-0.2, 0) is 4.74 Å². The lowest BCUT2D eigenvalue weighted by Crippen LogP contribution is -2.06. The molecule has 0 atom stereocenters. The molecule has 0 fully saturated rings. The molecule has 0 aliphatic rings. The van der Waals surface area contributed by atoms with E-state index in [1.54, 1.807) is 0 Å². The molecule has 0 aliphatic carbocycles. The molecule has 0 radical (unpaired) electrons. The van der Waals surface area contributed by atoms with Crippen LogP contribution in [-0.4, -0.2) is 23.0 Å². The maximum Gasteiger partial charge on any atom is 0.356 e. The van der Waals surface area contributed by atoms with Crippen LogP contribution in [0.4, 0.5) is 10.1 Å². The van der Waals surface area contributed by atoms with E-state index in [9.17, 15) is 19.3 Å². The van der Waals surface area contributed by atoms with Crippen LogP contribution >= 0.6 is 0 Å². The van der Waals surface area contributed by atoms with Gasteiger partial charge in [0, 0.05) is 6.07 Å². The number of hydrogen-bond donors (Lipinski definition) is 0. The Hall–Kier alpha value is -3.03. The number of nitro groups is 1. The van der Waals surface area contributed by atoms with Crippen LogP contribution in [0.3, 0.4) is 0 Å². The van der Waals surface area contributed by atoms with Crippen molar-refractivity contribution in [1.82, 2.24) is 4.98 Å². The van der Waals surface area contributed by atoms with Crippen LogP contribution in [0.1, 0.15) is 10.5 Å². The fourth-order valence-electron chi connectivity index (χ4n) is 1.48. The SMILES string of the molecule is COC(=O)c1ccc([N+](=O)[O-])c(Oc2ccc(F)cc2)n1. The first-order valence-electron chi connectivity index (χ1n) is 5.68. The Morgan fingerprint density at radius 2 is 1.90 bits per heavy atom. The third kappa shape index (κ3) is 3.30. The number of carbonyl (C=O) groups excluding carboxylic acids is 1. The zero-order valence-electron chi connectivity index (χ0n) is 10.8. The molecule has 0 saturated carbocycles. The molecule has 0 N–H and O–H groups in total. The van der Waals surface area contributed by atoms with E-state index in [0.717, 1.165) is 31.4 Å². The largest absolute Gasteiger partial charge is 0.464 e. The number of halogens is 1. The van der Waals surface area contributed by atoms with Crippen LogP contribution in [0.25, 0.3) is 0 Å². The van der Waals surface area contributed by atoms with Gasteiger partial charge in [-0.2, -0.15) is 4.98 Å². The van der Waals surface area contributed by atoms with Crippen molar-refractivity contribution in [3.8, 4) is 11.6 Å². The highest BCUT2D eigenvalue weighted by molar-refractivity contribution is 5.87. The average molecular weight is 292 g/mol. The van der Waals surface area contributed by atoms with Gasteiger partial charge in [-0.15, -0.1) is 0 Å². The van der Waals surface area contributed by atoms with Crippen molar-refractivity contribution in [3.05, 3.63) is 58.0 Å². The molecule has 2 aromatic rings. The van der Waals surface area contributed by atoms with E-state index in [1.807, 2.05) is 0 Å². The van der Waals surface area contributed by atoms with Crippen LogP contribution in [0.2, 0.25) is 0 Å². The summed E-state index contributed by atoms with van der Waals surface area (Å²) in [4.78, 5) is 25.4. The van der Waals surface area contributed by atoms with Crippen molar-refractivity contribution < 1.29 is 23.6 Å². The maximum atomic E-state index is 12.8. The van der Waals surface area contributed by atoms with Gasteiger partial charge in [0.2, 0.25) is 0 Å². The molecule has 1 heterocycles. The first-order valence-corrected chi connectivity index (χ1v) is 5.68. The van der Waals surface area contributed by atoms with Crippen molar-refractivity contribution in [2.45, 2.75) is 0 Å². The van der Waals surface area contributed by atoms with E-state index < -0.39 is 22.4 Å². The number of rotatable bonds is 4. The number of aromatic nitrogens is 1. The molecule has 0 aliphatic heterocycles. The Labute approximate surface area is 118 Å². The zero-order chi connectivity index (χ0) is 15.4. The summed E-state index contributed by atoms with van der Waals surface area (Å²) in [6.07, 6.45) is 0. The van der Waals surface area contributed by atoms with Crippen LogP contribution < -0.4 is 4.74 Å². The molecule has 8 heteroatoms. The summed E-state index contributed by atoms with van der Waals surface area (Å²) >= 11 is 0. The number of benzene rings is 1. The third-order valence-electron chi connectivity index (χ3n) is 2.46. The minimum absolute atomic E-state index is 0.139. The van der Waals surface area contributed by atoms with Gasteiger partial charge in [-0.1, -0.05) is 0 Å². The number of nitrogens with zero attached hydrogens (tertiary/aromatic N) is 2. The van der Waals surface area contributed by atoms with Crippen molar-refractivity contribution >= 4 is 11.7 Å². The smallest absolute Gasteiger partial charge is 0.356 e. The number of ether oxygens (including phenoxy) is 2. The standard InChI is InChI=1S/C13H9FN2O5/c1-20-13(17)10-6-7-11(16(18)19)12(15-10)21-9-4-2-8(14)3-5-9/h2-7H,1H3. The summed E-state index contributed by atoms with van der Waals surface area (Å²) in [6.45, 7) is 0. The van der Waals surface area contributed by atoms with E-state index in [-0.39, 0.29) is 17.3 Å². The summed E-state index contributed by atoms with van der Waals surface area (Å²) in [7, 11) is 1.16. The third-order valence-corrected chi connectivity index (χ3v) is 2.46. The minimum atomic E-state index is -0.756. The van der Waals surface area contributed by atoms with Gasteiger partial charge in [-0.05, 0) is 30.3 Å². The highest BCUT2D eigenvalue weighted by atomic mass is 19.1. The van der Waals surface area contributed by atoms with Crippen LogP contribution in [0.5, 0.6) is 11.6 Å². The quantitative estimate of drug-likeness (QED) is 0.488. The van der Waals surface area contributed by atoms with E-state index in [2.05, 4.69) is 9.72 Å². The lowest BCUT2D eigenvalue weighted by molar-refractivity contribution is -0.386. The van der Waals surface area contributed by atoms with Crippen LogP contribution in [0, 0.1) is 15.9 Å². The summed E-state index contributed by atoms with van der Waals surface area (Å²) in [5.74, 6) is -1.47. The summed E-state index contributed by atoms with van der Waals surface area (Å²) in [6, 6.07) is 7.06. The Bertz CT molecular complexity index is 687. The number of pyridine rings is 1. The average Bonchev–Trinajstić information content (AvgIpc) is 2.48. The number of carbonyl (C=O) groups is 1. The second-order valence-corrected chi connectivity index (χ2v) is 3.83. The highest BCUT2D eigenvalue weighted by Crippen LogP contribution is 2.29. The molecule has 0 amide bonds. The Kier molecular flexibility index (Phi) is 4.07. The lowest BCUT2D eigenvalue weighted by atomic mass is 10.3. The molecule has 7 nitrogen and oxygen atoms in total. The zero-order valence-corrected chi connectivity index (χ0v) is 10.8. The number of esters is 1.